The number of fused-ring (bicyclic) bond motifs is 1. The molecule has 2 aromatic rings. The first-order valence-electron chi connectivity index (χ1n) is 8.23. The van der Waals surface area contributed by atoms with E-state index in [1.165, 1.54) is 9.60 Å². The number of hydrogen-bond acceptors (Lipinski definition) is 5. The molecule has 1 aromatic heterocycles. The van der Waals surface area contributed by atoms with Gasteiger partial charge in [-0.1, -0.05) is 17.4 Å². The second-order valence-electron chi connectivity index (χ2n) is 6.35. The van der Waals surface area contributed by atoms with Gasteiger partial charge in [0.25, 0.3) is 0 Å². The predicted octanol–water partition coefficient (Wildman–Crippen LogP) is 3.51. The molecule has 2 heterocycles. The molecule has 0 spiro atoms. The molecule has 1 aliphatic heterocycles. The average Bonchev–Trinajstić information content (AvgIpc) is 3.28. The van der Waals surface area contributed by atoms with Gasteiger partial charge in [0.05, 0.1) is 10.2 Å². The highest BCUT2D eigenvalue weighted by molar-refractivity contribution is 7.98. The third-order valence-electron chi connectivity index (χ3n) is 4.65. The lowest BCUT2D eigenvalue weighted by atomic mass is 9.96. The smallest absolute Gasteiger partial charge is 0.223 e. The fraction of sp³-hybridized carbons (Fsp3) is 0.529. The molecular formula is C17H21N3OS2. The molecule has 1 N–H and O–H groups in total. The van der Waals surface area contributed by atoms with Crippen molar-refractivity contribution >= 4 is 44.4 Å². The molecule has 1 amide bonds. The molecule has 0 unspecified atom stereocenters. The summed E-state index contributed by atoms with van der Waals surface area (Å²) in [6, 6.07) is 6.84. The quantitative estimate of drug-likeness (QED) is 0.860. The van der Waals surface area contributed by atoms with Crippen molar-refractivity contribution in [2.75, 3.05) is 24.2 Å². The number of thiazole rings is 1. The summed E-state index contributed by atoms with van der Waals surface area (Å²) in [6.07, 6.45) is 6.29. The Morgan fingerprint density at radius 3 is 2.78 bits per heavy atom. The van der Waals surface area contributed by atoms with E-state index < -0.39 is 0 Å². The maximum absolute atomic E-state index is 12.2. The van der Waals surface area contributed by atoms with E-state index in [-0.39, 0.29) is 11.8 Å². The van der Waals surface area contributed by atoms with E-state index in [0.29, 0.717) is 6.04 Å². The number of thioether (sulfide) groups is 1. The number of benzene rings is 1. The van der Waals surface area contributed by atoms with Crippen LogP contribution in [-0.2, 0) is 4.79 Å². The highest BCUT2D eigenvalue weighted by Gasteiger charge is 2.30. The summed E-state index contributed by atoms with van der Waals surface area (Å²) >= 11 is 3.51. The zero-order valence-electron chi connectivity index (χ0n) is 13.2. The van der Waals surface area contributed by atoms with E-state index >= 15 is 0 Å². The van der Waals surface area contributed by atoms with Crippen molar-refractivity contribution in [2.24, 2.45) is 5.92 Å². The fourth-order valence-corrected chi connectivity index (χ4v) is 4.76. The topological polar surface area (TPSA) is 45.2 Å². The number of nitrogens with one attached hydrogen (secondary N) is 1. The highest BCUT2D eigenvalue weighted by atomic mass is 32.2. The Morgan fingerprint density at radius 1 is 1.30 bits per heavy atom. The second-order valence-corrected chi connectivity index (χ2v) is 8.20. The van der Waals surface area contributed by atoms with Gasteiger partial charge in [-0.2, -0.15) is 0 Å². The van der Waals surface area contributed by atoms with E-state index in [1.54, 1.807) is 23.1 Å². The van der Waals surface area contributed by atoms with Crippen molar-refractivity contribution in [2.45, 2.75) is 36.6 Å². The van der Waals surface area contributed by atoms with Crippen LogP contribution in [0.1, 0.15) is 25.7 Å². The fourth-order valence-electron chi connectivity index (χ4n) is 3.09. The van der Waals surface area contributed by atoms with Crippen LogP contribution < -0.4 is 10.2 Å². The molecule has 2 fully saturated rings. The number of piperidine rings is 1. The van der Waals surface area contributed by atoms with Crippen LogP contribution >= 0.6 is 23.1 Å². The van der Waals surface area contributed by atoms with E-state index in [1.807, 2.05) is 0 Å². The first kappa shape index (κ1) is 15.3. The molecule has 6 heteroatoms. The Kier molecular flexibility index (Phi) is 4.20. The minimum absolute atomic E-state index is 0.183. The molecule has 1 aromatic carbocycles. The highest BCUT2D eigenvalue weighted by Crippen LogP contribution is 2.35. The standard InChI is InChI=1S/C17H21N3OS2/c1-22-13-3-2-4-14-15(13)19-17(23-14)20-9-7-11(8-10-20)16(21)18-12-5-6-12/h2-4,11-12H,5-10H2,1H3,(H,18,21). The van der Waals surface area contributed by atoms with Crippen molar-refractivity contribution < 1.29 is 4.79 Å². The first-order valence-corrected chi connectivity index (χ1v) is 10.3. The SMILES string of the molecule is CSc1cccc2sc(N3CCC(C(=O)NC4CC4)CC3)nc12. The number of carbonyl (C=O) groups excluding carboxylic acids is 1. The average molecular weight is 348 g/mol. The summed E-state index contributed by atoms with van der Waals surface area (Å²) < 4.78 is 1.25. The van der Waals surface area contributed by atoms with Crippen LogP contribution in [0.3, 0.4) is 0 Å². The van der Waals surface area contributed by atoms with Crippen LogP contribution in [0.25, 0.3) is 10.2 Å². The van der Waals surface area contributed by atoms with Gasteiger partial charge in [0.1, 0.15) is 0 Å². The van der Waals surface area contributed by atoms with E-state index in [9.17, 15) is 4.79 Å². The van der Waals surface area contributed by atoms with Crippen LogP contribution in [-0.4, -0.2) is 36.3 Å². The largest absolute Gasteiger partial charge is 0.353 e. The molecule has 122 valence electrons. The minimum Gasteiger partial charge on any atom is -0.353 e. The van der Waals surface area contributed by atoms with Gasteiger partial charge in [-0.25, -0.2) is 4.98 Å². The lowest BCUT2D eigenvalue weighted by molar-refractivity contribution is -0.125. The summed E-state index contributed by atoms with van der Waals surface area (Å²) in [7, 11) is 0. The van der Waals surface area contributed by atoms with Crippen molar-refractivity contribution in [1.82, 2.24) is 10.3 Å². The van der Waals surface area contributed by atoms with E-state index in [4.69, 9.17) is 4.98 Å². The summed E-state index contributed by atoms with van der Waals surface area (Å²) in [5, 5.41) is 4.24. The van der Waals surface area contributed by atoms with Gasteiger partial charge in [-0.05, 0) is 44.1 Å². The van der Waals surface area contributed by atoms with Crippen LogP contribution in [0.15, 0.2) is 23.1 Å². The predicted molar refractivity (Wildman–Crippen MR) is 97.5 cm³/mol. The molecule has 23 heavy (non-hydrogen) atoms. The van der Waals surface area contributed by atoms with Gasteiger partial charge in [0, 0.05) is 29.9 Å². The van der Waals surface area contributed by atoms with Gasteiger partial charge in [-0.3, -0.25) is 4.79 Å². The second kappa shape index (κ2) is 6.32. The molecular weight excluding hydrogens is 326 g/mol. The third-order valence-corrected chi connectivity index (χ3v) is 6.50. The Morgan fingerprint density at radius 2 is 2.09 bits per heavy atom. The Balaban J connectivity index is 1.44. The van der Waals surface area contributed by atoms with Gasteiger partial charge < -0.3 is 10.2 Å². The lowest BCUT2D eigenvalue weighted by Crippen LogP contribution is -2.41. The third kappa shape index (κ3) is 3.19. The van der Waals surface area contributed by atoms with Gasteiger partial charge in [0.15, 0.2) is 5.13 Å². The number of hydrogen-bond donors (Lipinski definition) is 1. The molecule has 1 saturated carbocycles. The first-order chi connectivity index (χ1) is 11.2. The Hall–Kier alpha value is -1.27. The van der Waals surface area contributed by atoms with Crippen LogP contribution in [0.5, 0.6) is 0 Å². The zero-order valence-corrected chi connectivity index (χ0v) is 14.9. The monoisotopic (exact) mass is 347 g/mol. The molecule has 2 aliphatic rings. The van der Waals surface area contributed by atoms with Crippen molar-refractivity contribution in [1.29, 1.82) is 0 Å². The molecule has 0 bridgehead atoms. The van der Waals surface area contributed by atoms with Gasteiger partial charge in [-0.15, -0.1) is 11.8 Å². The summed E-state index contributed by atoms with van der Waals surface area (Å²) in [5.41, 5.74) is 1.12. The number of aromatic nitrogens is 1. The number of para-hydroxylation sites is 1. The van der Waals surface area contributed by atoms with Crippen molar-refractivity contribution in [3.05, 3.63) is 18.2 Å². The van der Waals surface area contributed by atoms with Crippen LogP contribution in [0, 0.1) is 5.92 Å². The van der Waals surface area contributed by atoms with Gasteiger partial charge in [0.2, 0.25) is 5.91 Å². The van der Waals surface area contributed by atoms with Gasteiger partial charge >= 0.3 is 0 Å². The molecule has 1 aliphatic carbocycles. The number of carbonyl (C=O) groups is 1. The van der Waals surface area contributed by atoms with E-state index in [0.717, 1.165) is 49.4 Å². The lowest BCUT2D eigenvalue weighted by Gasteiger charge is -2.31. The molecule has 4 rings (SSSR count). The number of amides is 1. The zero-order chi connectivity index (χ0) is 15.8. The Bertz CT molecular complexity index is 718. The molecule has 0 radical (unpaired) electrons. The maximum atomic E-state index is 12.2. The van der Waals surface area contributed by atoms with E-state index in [2.05, 4.69) is 34.7 Å². The van der Waals surface area contributed by atoms with Crippen LogP contribution in [0.4, 0.5) is 5.13 Å². The Labute approximate surface area is 144 Å². The van der Waals surface area contributed by atoms with Crippen molar-refractivity contribution in [3.63, 3.8) is 0 Å². The summed E-state index contributed by atoms with van der Waals surface area (Å²) in [4.78, 5) is 20.6. The van der Waals surface area contributed by atoms with Crippen molar-refractivity contribution in [3.8, 4) is 0 Å². The summed E-state index contributed by atoms with van der Waals surface area (Å²) in [5.74, 6) is 0.448. The minimum atomic E-state index is 0.183. The maximum Gasteiger partial charge on any atom is 0.223 e. The molecule has 4 nitrogen and oxygen atoms in total. The molecule has 0 atom stereocenters. The number of rotatable bonds is 4. The number of nitrogens with zero attached hydrogens (tertiary/aromatic N) is 2. The summed E-state index contributed by atoms with van der Waals surface area (Å²) in [6.45, 7) is 1.86. The number of anilines is 1. The normalized spacial score (nSPS) is 19.3. The molecule has 1 saturated heterocycles. The van der Waals surface area contributed by atoms with Crippen LogP contribution in [0.2, 0.25) is 0 Å².